The Hall–Kier alpha value is -1.88. The first kappa shape index (κ1) is 25.4. The summed E-state index contributed by atoms with van der Waals surface area (Å²) in [5, 5.41) is 10.5. The summed E-state index contributed by atoms with van der Waals surface area (Å²) < 4.78 is 12.6. The van der Waals surface area contributed by atoms with E-state index in [1.807, 2.05) is 30.3 Å². The quantitative estimate of drug-likeness (QED) is 0.288. The van der Waals surface area contributed by atoms with Gasteiger partial charge in [-0.3, -0.25) is 0 Å². The maximum Gasteiger partial charge on any atom is 0.192 e. The van der Waals surface area contributed by atoms with Crippen LogP contribution in [-0.2, 0) is 17.5 Å². The van der Waals surface area contributed by atoms with Crippen LogP contribution >= 0.6 is 0 Å². The van der Waals surface area contributed by atoms with E-state index in [9.17, 15) is 5.11 Å². The molecule has 2 atom stereocenters. The summed E-state index contributed by atoms with van der Waals surface area (Å²) in [4.78, 5) is 0. The third-order valence-corrected chi connectivity index (χ3v) is 10.7. The molecule has 0 spiro atoms. The third-order valence-electron chi connectivity index (χ3n) is 6.17. The van der Waals surface area contributed by atoms with Gasteiger partial charge in [-0.25, -0.2) is 0 Å². The second-order valence-electron chi connectivity index (χ2n) is 9.87. The average molecular weight is 441 g/mol. The van der Waals surface area contributed by atoms with Crippen LogP contribution in [0.25, 0.3) is 0 Å². The molecule has 0 saturated carbocycles. The number of aryl methyl sites for hydroxylation is 1. The second-order valence-corrected chi connectivity index (χ2v) is 14.6. The summed E-state index contributed by atoms with van der Waals surface area (Å²) in [5.41, 5.74) is 2.42. The smallest absolute Gasteiger partial charge is 0.192 e. The largest absolute Gasteiger partial charge is 0.489 e. The first-order valence-electron chi connectivity index (χ1n) is 11.3. The molecule has 4 heteroatoms. The zero-order valence-corrected chi connectivity index (χ0v) is 20.9. The lowest BCUT2D eigenvalue weighted by Gasteiger charge is -2.40. The van der Waals surface area contributed by atoms with E-state index in [4.69, 9.17) is 9.16 Å². The van der Waals surface area contributed by atoms with E-state index in [-0.39, 0.29) is 11.1 Å². The molecule has 2 aromatic rings. The number of rotatable bonds is 12. The number of ether oxygens (including phenoxy) is 1. The molecule has 0 radical (unpaired) electrons. The maximum absolute atomic E-state index is 10.4. The molecule has 1 N–H and O–H groups in total. The molecule has 0 heterocycles. The van der Waals surface area contributed by atoms with Crippen LogP contribution < -0.4 is 4.74 Å². The van der Waals surface area contributed by atoms with Crippen molar-refractivity contribution in [3.63, 3.8) is 0 Å². The highest BCUT2D eigenvalue weighted by molar-refractivity contribution is 6.74. The van der Waals surface area contributed by atoms with Crippen LogP contribution in [0.4, 0.5) is 0 Å². The number of aliphatic hydroxyl groups is 1. The van der Waals surface area contributed by atoms with Crippen molar-refractivity contribution in [3.8, 4) is 5.75 Å². The van der Waals surface area contributed by atoms with Gasteiger partial charge in [-0.2, -0.15) is 0 Å². The highest BCUT2D eigenvalue weighted by Crippen LogP contribution is 2.38. The lowest BCUT2D eigenvalue weighted by Crippen LogP contribution is -2.44. The van der Waals surface area contributed by atoms with E-state index in [0.29, 0.717) is 19.4 Å². The minimum absolute atomic E-state index is 0.0462. The summed E-state index contributed by atoms with van der Waals surface area (Å²) in [6.07, 6.45) is 4.49. The zero-order valence-electron chi connectivity index (χ0n) is 19.9. The average Bonchev–Trinajstić information content (AvgIpc) is 2.71. The van der Waals surface area contributed by atoms with Crippen LogP contribution in [-0.4, -0.2) is 25.6 Å². The topological polar surface area (TPSA) is 38.7 Å². The summed E-state index contributed by atoms with van der Waals surface area (Å²) in [6, 6.07) is 18.5. The molecular formula is C27H40O3Si. The van der Waals surface area contributed by atoms with Gasteiger partial charge in [0.1, 0.15) is 12.4 Å². The molecule has 2 rings (SSSR count). The Morgan fingerprint density at radius 3 is 2.23 bits per heavy atom. The van der Waals surface area contributed by atoms with Crippen molar-refractivity contribution in [2.24, 2.45) is 0 Å². The molecule has 0 aromatic heterocycles. The van der Waals surface area contributed by atoms with Crippen molar-refractivity contribution in [3.05, 3.63) is 78.4 Å². The molecule has 0 unspecified atom stereocenters. The van der Waals surface area contributed by atoms with Crippen LogP contribution in [0.5, 0.6) is 5.75 Å². The zero-order chi connectivity index (χ0) is 22.9. The Morgan fingerprint density at radius 1 is 1.00 bits per heavy atom. The van der Waals surface area contributed by atoms with E-state index in [1.54, 1.807) is 6.08 Å². The number of hydrogen-bond donors (Lipinski definition) is 1. The van der Waals surface area contributed by atoms with Crippen molar-refractivity contribution in [1.29, 1.82) is 0 Å². The van der Waals surface area contributed by atoms with Gasteiger partial charge >= 0.3 is 0 Å². The van der Waals surface area contributed by atoms with Crippen LogP contribution in [0.15, 0.2) is 67.3 Å². The van der Waals surface area contributed by atoms with E-state index in [2.05, 4.69) is 64.7 Å². The first-order valence-corrected chi connectivity index (χ1v) is 14.2. The van der Waals surface area contributed by atoms with Crippen molar-refractivity contribution >= 4 is 8.32 Å². The minimum Gasteiger partial charge on any atom is -0.489 e. The van der Waals surface area contributed by atoms with Crippen molar-refractivity contribution in [2.45, 2.75) is 83.4 Å². The molecule has 0 aliphatic carbocycles. The molecule has 3 nitrogen and oxygen atoms in total. The van der Waals surface area contributed by atoms with E-state index >= 15 is 0 Å². The molecule has 170 valence electrons. The Kier molecular flexibility index (Phi) is 9.54. The Balaban J connectivity index is 1.95. The number of hydrogen-bond acceptors (Lipinski definition) is 3. The summed E-state index contributed by atoms with van der Waals surface area (Å²) in [6.45, 7) is 15.6. The summed E-state index contributed by atoms with van der Waals surface area (Å²) in [7, 11) is -1.90. The van der Waals surface area contributed by atoms with E-state index < -0.39 is 14.4 Å². The second kappa shape index (κ2) is 11.7. The van der Waals surface area contributed by atoms with Crippen molar-refractivity contribution in [2.75, 3.05) is 0 Å². The van der Waals surface area contributed by atoms with Gasteiger partial charge in [0, 0.05) is 6.10 Å². The van der Waals surface area contributed by atoms with Gasteiger partial charge in [0.25, 0.3) is 0 Å². The molecule has 31 heavy (non-hydrogen) atoms. The number of benzene rings is 2. The predicted molar refractivity (Wildman–Crippen MR) is 133 cm³/mol. The molecular weight excluding hydrogens is 400 g/mol. The first-order chi connectivity index (χ1) is 14.6. The molecule has 0 bridgehead atoms. The monoisotopic (exact) mass is 440 g/mol. The van der Waals surface area contributed by atoms with Gasteiger partial charge in [-0.15, -0.1) is 6.58 Å². The van der Waals surface area contributed by atoms with Crippen molar-refractivity contribution in [1.82, 2.24) is 0 Å². The van der Waals surface area contributed by atoms with Gasteiger partial charge in [0.15, 0.2) is 8.32 Å². The standard InChI is InChI=1S/C27H40O3Si/c1-7-11-24(28)20-26(30-31(5,6)27(2,3)4)19-16-22-14-17-25(18-15-22)29-21-23-12-9-8-10-13-23/h7-10,12-15,17-18,24,26,28H,1,11,16,19-21H2,2-6H3/t24-,26+/m1/s1. The molecule has 0 amide bonds. The highest BCUT2D eigenvalue weighted by atomic mass is 28.4. The molecule has 0 fully saturated rings. The van der Waals surface area contributed by atoms with Gasteiger partial charge in [-0.05, 0) is 67.1 Å². The molecule has 0 aliphatic heterocycles. The Morgan fingerprint density at radius 2 is 1.65 bits per heavy atom. The van der Waals surface area contributed by atoms with Gasteiger partial charge in [0.05, 0.1) is 6.10 Å². The van der Waals surface area contributed by atoms with Gasteiger partial charge < -0.3 is 14.3 Å². The molecule has 0 saturated heterocycles. The summed E-state index contributed by atoms with van der Waals surface area (Å²) >= 11 is 0. The lowest BCUT2D eigenvalue weighted by atomic mass is 10.0. The van der Waals surface area contributed by atoms with Crippen LogP contribution in [0.2, 0.25) is 18.1 Å². The van der Waals surface area contributed by atoms with Crippen molar-refractivity contribution < 1.29 is 14.3 Å². The maximum atomic E-state index is 10.4. The van der Waals surface area contributed by atoms with Crippen LogP contribution in [0.1, 0.15) is 51.2 Å². The Bertz CT molecular complexity index is 778. The Labute approximate surface area is 190 Å². The fourth-order valence-electron chi connectivity index (χ4n) is 3.23. The third kappa shape index (κ3) is 8.64. The number of aliphatic hydroxyl groups excluding tert-OH is 1. The van der Waals surface area contributed by atoms with E-state index in [1.165, 1.54) is 5.56 Å². The molecule has 2 aromatic carbocycles. The van der Waals surface area contributed by atoms with Crippen LogP contribution in [0.3, 0.4) is 0 Å². The normalized spacial score (nSPS) is 14.1. The predicted octanol–water partition coefficient (Wildman–Crippen LogP) is 6.92. The lowest BCUT2D eigenvalue weighted by molar-refractivity contribution is 0.0833. The minimum atomic E-state index is -1.90. The molecule has 0 aliphatic rings. The fraction of sp³-hybridized carbons (Fsp3) is 0.481. The fourth-order valence-corrected chi connectivity index (χ4v) is 4.63. The van der Waals surface area contributed by atoms with Crippen LogP contribution in [0, 0.1) is 0 Å². The highest BCUT2D eigenvalue weighted by Gasteiger charge is 2.39. The SMILES string of the molecule is C=CC[C@@H](O)C[C@H](CCc1ccc(OCc2ccccc2)cc1)O[Si](C)(C)C(C)(C)C. The van der Waals surface area contributed by atoms with Gasteiger partial charge in [0.2, 0.25) is 0 Å². The van der Waals surface area contributed by atoms with Gasteiger partial charge in [-0.1, -0.05) is 69.3 Å². The summed E-state index contributed by atoms with van der Waals surface area (Å²) in [5.74, 6) is 0.878. The van der Waals surface area contributed by atoms with E-state index in [0.717, 1.165) is 24.2 Å².